The molecule has 0 bridgehead atoms. The van der Waals surface area contributed by atoms with Crippen LogP contribution >= 0.6 is 0 Å². The van der Waals surface area contributed by atoms with Gasteiger partial charge in [0.1, 0.15) is 5.82 Å². The van der Waals surface area contributed by atoms with Crippen LogP contribution in [-0.4, -0.2) is 85.9 Å². The molecule has 0 saturated carbocycles. The Hall–Kier alpha value is -2.68. The number of aromatic nitrogens is 1. The Morgan fingerprint density at radius 1 is 1.00 bits per heavy atom. The maximum Gasteiger partial charge on any atom is 0.315 e. The van der Waals surface area contributed by atoms with E-state index >= 15 is 0 Å². The van der Waals surface area contributed by atoms with Crippen molar-refractivity contribution >= 4 is 11.8 Å². The number of morpholine rings is 1. The van der Waals surface area contributed by atoms with Gasteiger partial charge in [0.2, 0.25) is 0 Å². The second-order valence-electron chi connectivity index (χ2n) is 9.22. The predicted octanol–water partition coefficient (Wildman–Crippen LogP) is 2.31. The minimum atomic E-state index is -0.126. The Morgan fingerprint density at radius 3 is 2.53 bits per heavy atom. The van der Waals surface area contributed by atoms with Crippen LogP contribution in [0.4, 0.5) is 10.6 Å². The van der Waals surface area contributed by atoms with Gasteiger partial charge < -0.3 is 25.2 Å². The van der Waals surface area contributed by atoms with Crippen LogP contribution in [0.5, 0.6) is 0 Å². The maximum atomic E-state index is 12.1. The molecule has 8 heteroatoms. The van der Waals surface area contributed by atoms with Crippen LogP contribution in [-0.2, 0) is 17.8 Å². The van der Waals surface area contributed by atoms with Crippen molar-refractivity contribution in [1.82, 2.24) is 25.4 Å². The molecule has 2 aromatic rings. The van der Waals surface area contributed by atoms with Gasteiger partial charge in [0, 0.05) is 65.1 Å². The summed E-state index contributed by atoms with van der Waals surface area (Å²) in [5, 5.41) is 5.90. The lowest BCUT2D eigenvalue weighted by Gasteiger charge is -2.34. The average molecular weight is 467 g/mol. The lowest BCUT2D eigenvalue weighted by Crippen LogP contribution is -2.46. The van der Waals surface area contributed by atoms with E-state index in [1.807, 2.05) is 18.3 Å². The van der Waals surface area contributed by atoms with Gasteiger partial charge in [0.25, 0.3) is 0 Å². The molecule has 1 unspecified atom stereocenters. The molecule has 2 saturated heterocycles. The molecule has 1 aromatic heterocycles. The third-order valence-corrected chi connectivity index (χ3v) is 6.48. The van der Waals surface area contributed by atoms with Crippen molar-refractivity contribution in [2.75, 3.05) is 63.9 Å². The zero-order valence-corrected chi connectivity index (χ0v) is 20.3. The monoisotopic (exact) mass is 466 g/mol. The van der Waals surface area contributed by atoms with Gasteiger partial charge in [0.05, 0.1) is 12.7 Å². The number of anilines is 1. The van der Waals surface area contributed by atoms with Gasteiger partial charge in [0.15, 0.2) is 0 Å². The third kappa shape index (κ3) is 7.68. The molecule has 0 spiro atoms. The van der Waals surface area contributed by atoms with Gasteiger partial charge in [-0.25, -0.2) is 9.78 Å². The van der Waals surface area contributed by atoms with Crippen molar-refractivity contribution in [3.8, 4) is 0 Å². The van der Waals surface area contributed by atoms with Crippen LogP contribution < -0.4 is 15.5 Å². The molecule has 184 valence electrons. The molecule has 2 aliphatic heterocycles. The molecule has 2 amide bonds. The van der Waals surface area contributed by atoms with E-state index in [9.17, 15) is 4.79 Å². The Bertz CT molecular complexity index is 871. The van der Waals surface area contributed by atoms with Crippen molar-refractivity contribution < 1.29 is 9.53 Å². The van der Waals surface area contributed by atoms with Gasteiger partial charge in [-0.2, -0.15) is 0 Å². The lowest BCUT2D eigenvalue weighted by atomic mass is 10.2. The fraction of sp³-hybridized carbons (Fsp3) is 0.538. The highest BCUT2D eigenvalue weighted by atomic mass is 16.5. The number of hydrogen-bond acceptors (Lipinski definition) is 6. The lowest BCUT2D eigenvalue weighted by molar-refractivity contribution is 0.0529. The number of rotatable bonds is 9. The predicted molar refractivity (Wildman–Crippen MR) is 135 cm³/mol. The highest BCUT2D eigenvalue weighted by Crippen LogP contribution is 2.15. The van der Waals surface area contributed by atoms with Gasteiger partial charge in [-0.15, -0.1) is 0 Å². The second kappa shape index (κ2) is 12.7. The summed E-state index contributed by atoms with van der Waals surface area (Å²) in [6.07, 6.45) is 3.03. The highest BCUT2D eigenvalue weighted by molar-refractivity contribution is 5.73. The third-order valence-electron chi connectivity index (χ3n) is 6.48. The summed E-state index contributed by atoms with van der Waals surface area (Å²) >= 11 is 0. The second-order valence-corrected chi connectivity index (χ2v) is 9.22. The molecule has 2 N–H and O–H groups in total. The first-order valence-electron chi connectivity index (χ1n) is 12.5. The van der Waals surface area contributed by atoms with Crippen LogP contribution in [0.1, 0.15) is 24.5 Å². The molecule has 4 rings (SSSR count). The molecule has 8 nitrogen and oxygen atoms in total. The Balaban J connectivity index is 1.06. The number of nitrogens with one attached hydrogen (secondary N) is 2. The molecular formula is C26H38N6O2. The summed E-state index contributed by atoms with van der Waals surface area (Å²) in [4.78, 5) is 24.0. The number of urea groups is 1. The highest BCUT2D eigenvalue weighted by Gasteiger charge is 2.18. The van der Waals surface area contributed by atoms with Crippen LogP contribution in [0.25, 0.3) is 0 Å². The summed E-state index contributed by atoms with van der Waals surface area (Å²) in [7, 11) is 0. The number of piperazine rings is 1. The van der Waals surface area contributed by atoms with E-state index in [2.05, 4.69) is 67.6 Å². The van der Waals surface area contributed by atoms with E-state index in [0.717, 1.165) is 76.8 Å². The van der Waals surface area contributed by atoms with Gasteiger partial charge in [-0.3, -0.25) is 4.90 Å². The fourth-order valence-corrected chi connectivity index (χ4v) is 4.50. The molecule has 2 fully saturated rings. The Morgan fingerprint density at radius 2 is 1.79 bits per heavy atom. The maximum absolute atomic E-state index is 12.1. The van der Waals surface area contributed by atoms with E-state index in [1.54, 1.807) is 0 Å². The first-order chi connectivity index (χ1) is 16.7. The summed E-state index contributed by atoms with van der Waals surface area (Å²) < 4.78 is 5.59. The minimum Gasteiger partial charge on any atom is -0.375 e. The number of carbonyl (C=O) groups is 1. The molecule has 0 aliphatic carbocycles. The molecule has 0 radical (unpaired) electrons. The van der Waals surface area contributed by atoms with E-state index in [4.69, 9.17) is 4.74 Å². The van der Waals surface area contributed by atoms with Crippen LogP contribution in [0.2, 0.25) is 0 Å². The van der Waals surface area contributed by atoms with Crippen molar-refractivity contribution in [3.63, 3.8) is 0 Å². The Labute approximate surface area is 203 Å². The molecule has 3 heterocycles. The van der Waals surface area contributed by atoms with E-state index in [-0.39, 0.29) is 12.1 Å². The van der Waals surface area contributed by atoms with Gasteiger partial charge in [-0.05, 0) is 37.1 Å². The van der Waals surface area contributed by atoms with Gasteiger partial charge in [-0.1, -0.05) is 36.4 Å². The number of ether oxygens (including phenoxy) is 1. The molecule has 34 heavy (non-hydrogen) atoms. The number of hydrogen-bond donors (Lipinski definition) is 2. The Kier molecular flexibility index (Phi) is 9.12. The molecule has 1 aromatic carbocycles. The normalized spacial score (nSPS) is 19.7. The van der Waals surface area contributed by atoms with E-state index in [0.29, 0.717) is 13.1 Å². The first kappa shape index (κ1) is 24.4. The summed E-state index contributed by atoms with van der Waals surface area (Å²) in [5.41, 5.74) is 2.37. The SMILES string of the molecule is CC1CN(c2ccc(CNC(=O)NCCCN3CCN(Cc4ccccc4)CC3)cn2)CCO1. The molecule has 1 atom stereocenters. The number of benzene rings is 1. The summed E-state index contributed by atoms with van der Waals surface area (Å²) in [6, 6.07) is 14.6. The largest absolute Gasteiger partial charge is 0.375 e. The van der Waals surface area contributed by atoms with Crippen molar-refractivity contribution in [2.24, 2.45) is 0 Å². The number of amides is 2. The zero-order chi connectivity index (χ0) is 23.6. The quantitative estimate of drug-likeness (QED) is 0.553. The van der Waals surface area contributed by atoms with Crippen molar-refractivity contribution in [1.29, 1.82) is 0 Å². The van der Waals surface area contributed by atoms with Crippen LogP contribution in [0.3, 0.4) is 0 Å². The summed E-state index contributed by atoms with van der Waals surface area (Å²) in [6.45, 7) is 12.1. The standard InChI is InChI=1S/C26H38N6O2/c1-22-20-32(16-17-34-22)25-9-8-24(18-28-25)19-29-26(33)27-10-5-11-30-12-14-31(15-13-30)21-23-6-3-2-4-7-23/h2-4,6-9,18,22H,5,10-17,19-21H2,1H3,(H2,27,29,33). The average Bonchev–Trinajstić information content (AvgIpc) is 2.87. The number of carbonyl (C=O) groups excluding carboxylic acids is 1. The molecular weight excluding hydrogens is 428 g/mol. The minimum absolute atomic E-state index is 0.126. The summed E-state index contributed by atoms with van der Waals surface area (Å²) in [5.74, 6) is 0.962. The smallest absolute Gasteiger partial charge is 0.315 e. The van der Waals surface area contributed by atoms with E-state index < -0.39 is 0 Å². The van der Waals surface area contributed by atoms with Crippen LogP contribution in [0.15, 0.2) is 48.7 Å². The van der Waals surface area contributed by atoms with Crippen molar-refractivity contribution in [3.05, 3.63) is 59.8 Å². The van der Waals surface area contributed by atoms with Gasteiger partial charge >= 0.3 is 6.03 Å². The fourth-order valence-electron chi connectivity index (χ4n) is 4.50. The molecule has 2 aliphatic rings. The zero-order valence-electron chi connectivity index (χ0n) is 20.3. The van der Waals surface area contributed by atoms with Crippen molar-refractivity contribution in [2.45, 2.75) is 32.5 Å². The first-order valence-corrected chi connectivity index (χ1v) is 12.5. The number of pyridine rings is 1. The number of nitrogens with zero attached hydrogens (tertiary/aromatic N) is 4. The van der Waals surface area contributed by atoms with E-state index in [1.165, 1.54) is 5.56 Å². The topological polar surface area (TPSA) is 73.0 Å². The van der Waals surface area contributed by atoms with Crippen LogP contribution in [0, 0.1) is 0 Å².